The van der Waals surface area contributed by atoms with E-state index in [4.69, 9.17) is 9.47 Å². The Hall–Kier alpha value is -2.91. The first-order valence-corrected chi connectivity index (χ1v) is 9.47. The lowest BCUT2D eigenvalue weighted by Gasteiger charge is -2.15. The molecule has 0 saturated carbocycles. The van der Waals surface area contributed by atoms with Gasteiger partial charge in [0.05, 0.1) is 18.4 Å². The van der Waals surface area contributed by atoms with Gasteiger partial charge in [-0.25, -0.2) is 0 Å². The molecule has 0 aromatic heterocycles. The number of hydrogen-bond donors (Lipinski definition) is 2. The summed E-state index contributed by atoms with van der Waals surface area (Å²) >= 11 is 0. The summed E-state index contributed by atoms with van der Waals surface area (Å²) in [4.78, 5) is 12.8. The lowest BCUT2D eigenvalue weighted by molar-refractivity contribution is 0.0966. The molecule has 152 valence electrons. The van der Waals surface area contributed by atoms with E-state index in [1.165, 1.54) is 0 Å². The summed E-state index contributed by atoms with van der Waals surface area (Å²) < 4.78 is 11.6. The van der Waals surface area contributed by atoms with Crippen molar-refractivity contribution in [2.24, 2.45) is 5.92 Å². The zero-order valence-corrected chi connectivity index (χ0v) is 17.8. The minimum absolute atomic E-state index is 0.0105. The molecule has 0 fully saturated rings. The number of carbonyl (C=O) groups is 1. The number of benzene rings is 1. The summed E-state index contributed by atoms with van der Waals surface area (Å²) in [5.41, 5.74) is 4.57. The number of carbonyl (C=O) groups excluding carboxylic acids is 1. The molecule has 1 rings (SSSR count). The van der Waals surface area contributed by atoms with Crippen molar-refractivity contribution in [3.05, 3.63) is 65.7 Å². The Bertz CT molecular complexity index is 770. The van der Waals surface area contributed by atoms with Gasteiger partial charge in [0.25, 0.3) is 5.91 Å². The van der Waals surface area contributed by atoms with Crippen molar-refractivity contribution in [1.82, 2.24) is 10.6 Å². The molecule has 0 atom stereocenters. The fourth-order valence-electron chi connectivity index (χ4n) is 2.23. The lowest BCUT2D eigenvalue weighted by atomic mass is 10.1. The summed E-state index contributed by atoms with van der Waals surface area (Å²) in [6.45, 7) is 14.1. The smallest absolute Gasteiger partial charge is 0.256 e. The highest BCUT2D eigenvalue weighted by Gasteiger charge is 2.12. The molecule has 0 saturated heterocycles. The minimum Gasteiger partial charge on any atom is -0.493 e. The van der Waals surface area contributed by atoms with Gasteiger partial charge in [-0.15, -0.1) is 5.73 Å². The second kappa shape index (κ2) is 11.7. The predicted molar refractivity (Wildman–Crippen MR) is 115 cm³/mol. The van der Waals surface area contributed by atoms with E-state index in [2.05, 4.69) is 36.8 Å². The van der Waals surface area contributed by atoms with E-state index in [-0.39, 0.29) is 12.0 Å². The van der Waals surface area contributed by atoms with E-state index < -0.39 is 0 Å². The molecule has 0 radical (unpaired) electrons. The lowest BCUT2D eigenvalue weighted by Crippen LogP contribution is -2.22. The van der Waals surface area contributed by atoms with Crippen LogP contribution >= 0.6 is 0 Å². The van der Waals surface area contributed by atoms with E-state index in [9.17, 15) is 4.79 Å². The van der Waals surface area contributed by atoms with Gasteiger partial charge in [0.1, 0.15) is 11.5 Å². The highest BCUT2D eigenvalue weighted by atomic mass is 16.5. The predicted octanol–water partition coefficient (Wildman–Crippen LogP) is 4.59. The minimum atomic E-state index is -0.286. The third-order valence-corrected chi connectivity index (χ3v) is 3.57. The van der Waals surface area contributed by atoms with Crippen LogP contribution in [0, 0.1) is 5.92 Å². The Morgan fingerprint density at radius 1 is 1.18 bits per heavy atom. The number of rotatable bonds is 10. The number of nitrogens with one attached hydrogen (secondary N) is 2. The molecule has 0 unspecified atom stereocenters. The molecule has 1 aromatic rings. The summed E-state index contributed by atoms with van der Waals surface area (Å²) in [6.07, 6.45) is 5.48. The molecular weight excluding hydrogens is 352 g/mol. The van der Waals surface area contributed by atoms with Gasteiger partial charge in [-0.3, -0.25) is 4.79 Å². The van der Waals surface area contributed by atoms with Crippen molar-refractivity contribution >= 4 is 5.91 Å². The molecule has 5 heteroatoms. The topological polar surface area (TPSA) is 59.6 Å². The molecule has 0 aliphatic carbocycles. The molecule has 5 nitrogen and oxygen atoms in total. The van der Waals surface area contributed by atoms with E-state index in [1.807, 2.05) is 40.0 Å². The third-order valence-electron chi connectivity index (χ3n) is 3.57. The number of ether oxygens (including phenoxy) is 2. The second-order valence-electron chi connectivity index (χ2n) is 6.94. The third kappa shape index (κ3) is 8.19. The molecule has 0 heterocycles. The maximum atomic E-state index is 12.8. The molecule has 1 aromatic carbocycles. The Balaban J connectivity index is 3.06. The number of hydrogen-bond acceptors (Lipinski definition) is 4. The Labute approximate surface area is 168 Å². The zero-order chi connectivity index (χ0) is 21.1. The monoisotopic (exact) mass is 384 g/mol. The van der Waals surface area contributed by atoms with Crippen LogP contribution in [0.1, 0.15) is 45.0 Å². The van der Waals surface area contributed by atoms with E-state index in [1.54, 1.807) is 24.3 Å². The van der Waals surface area contributed by atoms with Crippen molar-refractivity contribution in [1.29, 1.82) is 0 Å². The first-order valence-electron chi connectivity index (χ1n) is 9.47. The summed E-state index contributed by atoms with van der Waals surface area (Å²) in [5, 5.41) is 5.85. The number of amides is 1. The first kappa shape index (κ1) is 23.1. The molecule has 0 spiro atoms. The first-order chi connectivity index (χ1) is 13.3. The van der Waals surface area contributed by atoms with Crippen molar-refractivity contribution in [2.45, 2.75) is 40.7 Å². The van der Waals surface area contributed by atoms with Gasteiger partial charge in [-0.2, -0.15) is 0 Å². The maximum Gasteiger partial charge on any atom is 0.256 e. The zero-order valence-electron chi connectivity index (χ0n) is 17.8. The molecule has 1 amide bonds. The molecule has 0 aliphatic heterocycles. The van der Waals surface area contributed by atoms with Crippen LogP contribution in [0.2, 0.25) is 0 Å². The molecule has 2 N–H and O–H groups in total. The van der Waals surface area contributed by atoms with Crippen LogP contribution in [0.4, 0.5) is 0 Å². The highest BCUT2D eigenvalue weighted by molar-refractivity contribution is 5.96. The highest BCUT2D eigenvalue weighted by Crippen LogP contribution is 2.24. The van der Waals surface area contributed by atoms with Crippen LogP contribution in [0.15, 0.2) is 60.1 Å². The average molecular weight is 385 g/mol. The molecule has 28 heavy (non-hydrogen) atoms. The van der Waals surface area contributed by atoms with Gasteiger partial charge in [-0.05, 0) is 51.0 Å². The number of allylic oxidation sites excluding steroid dienone is 3. The second-order valence-corrected chi connectivity index (χ2v) is 6.94. The largest absolute Gasteiger partial charge is 0.493 e. The average Bonchev–Trinajstić information content (AvgIpc) is 2.65. The van der Waals surface area contributed by atoms with Gasteiger partial charge < -0.3 is 20.1 Å². The number of likely N-dealkylation sites (N-methyl/N-ethyl adjacent to an activating group) is 1. The SMILES string of the molecule is C=C=C(/C=C\C(=C/C)NC)NC(=O)c1cc(OCC(C)C)cc(OC(C)C)c1. The quantitative estimate of drug-likeness (QED) is 0.458. The molecular formula is C23H32N2O3. The van der Waals surface area contributed by atoms with Crippen molar-refractivity contribution in [3.8, 4) is 11.5 Å². The summed E-state index contributed by atoms with van der Waals surface area (Å²) in [6, 6.07) is 5.21. The fraction of sp³-hybridized carbons (Fsp3) is 0.391. The van der Waals surface area contributed by atoms with Crippen LogP contribution in [0.25, 0.3) is 0 Å². The van der Waals surface area contributed by atoms with E-state index >= 15 is 0 Å². The molecule has 0 bridgehead atoms. The van der Waals surface area contributed by atoms with Gasteiger partial charge in [0.2, 0.25) is 0 Å². The van der Waals surface area contributed by atoms with Crippen LogP contribution in [-0.2, 0) is 0 Å². The van der Waals surface area contributed by atoms with Gasteiger partial charge in [0, 0.05) is 24.4 Å². The van der Waals surface area contributed by atoms with Crippen LogP contribution in [-0.4, -0.2) is 25.7 Å². The van der Waals surface area contributed by atoms with E-state index in [0.29, 0.717) is 35.3 Å². The summed E-state index contributed by atoms with van der Waals surface area (Å²) in [7, 11) is 1.83. The van der Waals surface area contributed by atoms with Crippen LogP contribution < -0.4 is 20.1 Å². The summed E-state index contributed by atoms with van der Waals surface area (Å²) in [5.74, 6) is 1.28. The van der Waals surface area contributed by atoms with Gasteiger partial charge >= 0.3 is 0 Å². The normalized spacial score (nSPS) is 11.5. The van der Waals surface area contributed by atoms with Crippen LogP contribution in [0.5, 0.6) is 11.5 Å². The Morgan fingerprint density at radius 2 is 1.86 bits per heavy atom. The Kier molecular flexibility index (Phi) is 9.69. The maximum absolute atomic E-state index is 12.8. The molecule has 0 aliphatic rings. The van der Waals surface area contributed by atoms with Crippen molar-refractivity contribution in [3.63, 3.8) is 0 Å². The van der Waals surface area contributed by atoms with Crippen LogP contribution in [0.3, 0.4) is 0 Å². The van der Waals surface area contributed by atoms with Gasteiger partial charge in [-0.1, -0.05) is 26.5 Å². The Morgan fingerprint density at radius 3 is 2.39 bits per heavy atom. The fourth-order valence-corrected chi connectivity index (χ4v) is 2.23. The van der Waals surface area contributed by atoms with Crippen molar-refractivity contribution < 1.29 is 14.3 Å². The van der Waals surface area contributed by atoms with Crippen molar-refractivity contribution in [2.75, 3.05) is 13.7 Å². The standard InChI is InChI=1S/C23H32N2O3/c1-8-19(24-7)10-11-20(9-2)25-23(26)18-12-21(27-15-16(3)4)14-22(13-18)28-17(5)6/h8,10-14,16-17,24H,2,15H2,1,3-7H3,(H,25,26)/b11-10-,19-8+. The van der Waals surface area contributed by atoms with Gasteiger partial charge in [0.15, 0.2) is 0 Å². The van der Waals surface area contributed by atoms with E-state index in [0.717, 1.165) is 5.70 Å².